The van der Waals surface area contributed by atoms with Crippen molar-refractivity contribution in [3.8, 4) is 0 Å². The monoisotopic (exact) mass is 304 g/mol. The van der Waals surface area contributed by atoms with Crippen LogP contribution in [0.3, 0.4) is 0 Å². The molecule has 0 unspecified atom stereocenters. The lowest BCUT2D eigenvalue weighted by Gasteiger charge is -2.08. The van der Waals surface area contributed by atoms with E-state index < -0.39 is 14.9 Å². The summed E-state index contributed by atoms with van der Waals surface area (Å²) >= 11 is 0. The largest absolute Gasteiger partial charge is 0.363 e. The van der Waals surface area contributed by atoms with Gasteiger partial charge in [-0.2, -0.15) is 4.98 Å². The van der Waals surface area contributed by atoms with E-state index in [-0.39, 0.29) is 29.8 Å². The molecule has 0 spiro atoms. The first-order chi connectivity index (χ1) is 9.33. The van der Waals surface area contributed by atoms with Gasteiger partial charge in [-0.3, -0.25) is 10.1 Å². The van der Waals surface area contributed by atoms with E-state index in [1.165, 1.54) is 0 Å². The first-order valence-corrected chi connectivity index (χ1v) is 7.54. The van der Waals surface area contributed by atoms with Crippen molar-refractivity contribution in [1.29, 1.82) is 0 Å². The predicted octanol–water partition coefficient (Wildman–Crippen LogP) is -0.0929. The standard InChI is InChI=1S/C9H16N6O4S/c1-2-3-12-9-13-6-7(15(16)17)8(14-9)11-4-5-20(10,18)19/h6H,2-5H2,1H3,(H2,10,18,19)(H2,11,12,13,14). The number of nitrogens with one attached hydrogen (secondary N) is 2. The van der Waals surface area contributed by atoms with Crippen molar-refractivity contribution in [1.82, 2.24) is 9.97 Å². The van der Waals surface area contributed by atoms with Crippen molar-refractivity contribution in [3.05, 3.63) is 16.3 Å². The molecule has 0 aliphatic carbocycles. The Kier molecular flexibility index (Phi) is 5.58. The second kappa shape index (κ2) is 6.96. The molecule has 0 saturated carbocycles. The molecule has 0 aliphatic heterocycles. The summed E-state index contributed by atoms with van der Waals surface area (Å²) in [4.78, 5) is 17.9. The summed E-state index contributed by atoms with van der Waals surface area (Å²) in [6.45, 7) is 2.49. The molecule has 0 atom stereocenters. The van der Waals surface area contributed by atoms with E-state index in [2.05, 4.69) is 20.6 Å². The van der Waals surface area contributed by atoms with Crippen LogP contribution >= 0.6 is 0 Å². The predicted molar refractivity (Wildman–Crippen MR) is 73.9 cm³/mol. The van der Waals surface area contributed by atoms with Gasteiger partial charge in [0.1, 0.15) is 6.20 Å². The second-order valence-electron chi connectivity index (χ2n) is 3.91. The molecule has 10 nitrogen and oxygen atoms in total. The number of rotatable bonds is 8. The number of primary sulfonamides is 1. The van der Waals surface area contributed by atoms with Crippen molar-refractivity contribution in [3.63, 3.8) is 0 Å². The highest BCUT2D eigenvalue weighted by Gasteiger charge is 2.17. The van der Waals surface area contributed by atoms with Gasteiger partial charge in [-0.1, -0.05) is 6.92 Å². The number of hydrogen-bond donors (Lipinski definition) is 3. The average molecular weight is 304 g/mol. The highest BCUT2D eigenvalue weighted by atomic mass is 32.2. The summed E-state index contributed by atoms with van der Waals surface area (Å²) in [6.07, 6.45) is 1.90. The zero-order valence-electron chi connectivity index (χ0n) is 10.9. The Hall–Kier alpha value is -2.01. The highest BCUT2D eigenvalue weighted by molar-refractivity contribution is 7.89. The molecule has 4 N–H and O–H groups in total. The van der Waals surface area contributed by atoms with Crippen LogP contribution in [0.15, 0.2) is 6.20 Å². The summed E-state index contributed by atoms with van der Waals surface area (Å²) in [6, 6.07) is 0. The summed E-state index contributed by atoms with van der Waals surface area (Å²) in [5.41, 5.74) is -0.332. The molecule has 11 heteroatoms. The fraction of sp³-hybridized carbons (Fsp3) is 0.556. The summed E-state index contributed by atoms with van der Waals surface area (Å²) < 4.78 is 21.6. The summed E-state index contributed by atoms with van der Waals surface area (Å²) in [5, 5.41) is 21.1. The summed E-state index contributed by atoms with van der Waals surface area (Å²) in [7, 11) is -3.64. The number of sulfonamides is 1. The molecular formula is C9H16N6O4S. The molecule has 0 fully saturated rings. The van der Waals surface area contributed by atoms with Crippen LogP contribution in [0.25, 0.3) is 0 Å². The van der Waals surface area contributed by atoms with Crippen LogP contribution in [0.4, 0.5) is 17.5 Å². The molecule has 0 radical (unpaired) electrons. The maximum atomic E-state index is 10.8. The van der Waals surface area contributed by atoms with E-state index >= 15 is 0 Å². The Bertz CT molecular complexity index is 576. The molecule has 20 heavy (non-hydrogen) atoms. The highest BCUT2D eigenvalue weighted by Crippen LogP contribution is 2.21. The number of anilines is 2. The normalized spacial score (nSPS) is 11.1. The lowest BCUT2D eigenvalue weighted by atomic mass is 10.4. The zero-order valence-corrected chi connectivity index (χ0v) is 11.7. The fourth-order valence-corrected chi connectivity index (χ4v) is 1.66. The van der Waals surface area contributed by atoms with Gasteiger partial charge in [-0.15, -0.1) is 0 Å². The second-order valence-corrected chi connectivity index (χ2v) is 5.64. The third-order valence-electron chi connectivity index (χ3n) is 2.18. The minimum atomic E-state index is -3.64. The van der Waals surface area contributed by atoms with Gasteiger partial charge in [-0.25, -0.2) is 18.5 Å². The molecule has 1 aromatic rings. The Morgan fingerprint density at radius 3 is 2.65 bits per heavy atom. The van der Waals surface area contributed by atoms with Crippen LogP contribution in [0, 0.1) is 10.1 Å². The lowest BCUT2D eigenvalue weighted by Crippen LogP contribution is -2.23. The van der Waals surface area contributed by atoms with Gasteiger partial charge in [0.05, 0.1) is 10.7 Å². The minimum Gasteiger partial charge on any atom is -0.363 e. The lowest BCUT2D eigenvalue weighted by molar-refractivity contribution is -0.384. The van der Waals surface area contributed by atoms with Crippen LogP contribution in [-0.4, -0.2) is 42.2 Å². The van der Waals surface area contributed by atoms with E-state index in [4.69, 9.17) is 5.14 Å². The Labute approximate surface area is 116 Å². The molecule has 0 amide bonds. The first kappa shape index (κ1) is 16.0. The molecule has 0 aliphatic rings. The quantitative estimate of drug-likeness (QED) is 0.444. The third-order valence-corrected chi connectivity index (χ3v) is 2.95. The van der Waals surface area contributed by atoms with E-state index in [1.54, 1.807) is 0 Å². The molecule has 1 aromatic heterocycles. The molecule has 112 valence electrons. The fourth-order valence-electron chi connectivity index (χ4n) is 1.27. The summed E-state index contributed by atoms with van der Waals surface area (Å²) in [5.74, 6) is -0.172. The zero-order chi connectivity index (χ0) is 15.2. The van der Waals surface area contributed by atoms with E-state index in [9.17, 15) is 18.5 Å². The number of nitro groups is 1. The van der Waals surface area contributed by atoms with Crippen molar-refractivity contribution in [2.75, 3.05) is 29.5 Å². The third kappa shape index (κ3) is 5.32. The van der Waals surface area contributed by atoms with Crippen LogP contribution < -0.4 is 15.8 Å². The molecule has 0 bridgehead atoms. The van der Waals surface area contributed by atoms with Gasteiger partial charge in [0, 0.05) is 13.1 Å². The first-order valence-electron chi connectivity index (χ1n) is 5.83. The molecular weight excluding hydrogens is 288 g/mol. The average Bonchev–Trinajstić information content (AvgIpc) is 2.34. The molecule has 1 rings (SSSR count). The van der Waals surface area contributed by atoms with Crippen molar-refractivity contribution < 1.29 is 13.3 Å². The Morgan fingerprint density at radius 2 is 2.10 bits per heavy atom. The van der Waals surface area contributed by atoms with E-state index in [0.29, 0.717) is 6.54 Å². The van der Waals surface area contributed by atoms with Gasteiger partial charge < -0.3 is 10.6 Å². The van der Waals surface area contributed by atoms with Crippen molar-refractivity contribution >= 4 is 27.5 Å². The van der Waals surface area contributed by atoms with Crippen LogP contribution in [0.1, 0.15) is 13.3 Å². The number of aromatic nitrogens is 2. The van der Waals surface area contributed by atoms with Gasteiger partial charge in [0.25, 0.3) is 0 Å². The van der Waals surface area contributed by atoms with Crippen LogP contribution in [-0.2, 0) is 10.0 Å². The van der Waals surface area contributed by atoms with Crippen molar-refractivity contribution in [2.45, 2.75) is 13.3 Å². The SMILES string of the molecule is CCCNc1ncc([N+](=O)[O-])c(NCCS(N)(=O)=O)n1. The Morgan fingerprint density at radius 1 is 1.40 bits per heavy atom. The van der Waals surface area contributed by atoms with Crippen molar-refractivity contribution in [2.24, 2.45) is 5.14 Å². The molecule has 0 aromatic carbocycles. The van der Waals surface area contributed by atoms with E-state index in [1.807, 2.05) is 6.92 Å². The topological polar surface area (TPSA) is 153 Å². The number of nitrogens with two attached hydrogens (primary N) is 1. The van der Waals surface area contributed by atoms with E-state index in [0.717, 1.165) is 12.6 Å². The van der Waals surface area contributed by atoms with Gasteiger partial charge >= 0.3 is 5.69 Å². The molecule has 1 heterocycles. The number of hydrogen-bond acceptors (Lipinski definition) is 8. The maximum Gasteiger partial charge on any atom is 0.329 e. The van der Waals surface area contributed by atoms with Gasteiger partial charge in [0.15, 0.2) is 0 Å². The maximum absolute atomic E-state index is 10.8. The van der Waals surface area contributed by atoms with Crippen LogP contribution in [0.2, 0.25) is 0 Å². The van der Waals surface area contributed by atoms with Crippen LogP contribution in [0.5, 0.6) is 0 Å². The van der Waals surface area contributed by atoms with Gasteiger partial charge in [-0.05, 0) is 6.42 Å². The van der Waals surface area contributed by atoms with Gasteiger partial charge in [0.2, 0.25) is 21.8 Å². The smallest absolute Gasteiger partial charge is 0.329 e. The molecule has 0 saturated heterocycles. The minimum absolute atomic E-state index is 0.0488. The number of nitrogens with zero attached hydrogens (tertiary/aromatic N) is 3. The Balaban J connectivity index is 2.85.